The molecule has 1 fully saturated rings. The van der Waals surface area contributed by atoms with E-state index in [-0.39, 0.29) is 23.8 Å². The van der Waals surface area contributed by atoms with Gasteiger partial charge in [-0.15, -0.1) is 0 Å². The van der Waals surface area contributed by atoms with Gasteiger partial charge in [-0.3, -0.25) is 14.7 Å². The number of nitrogens with one attached hydrogen (secondary N) is 2. The largest absolute Gasteiger partial charge is 0.484 e. The predicted molar refractivity (Wildman–Crippen MR) is 143 cm³/mol. The molecule has 3 aromatic carbocycles. The average Bonchev–Trinajstić information content (AvgIpc) is 3.46. The van der Waals surface area contributed by atoms with E-state index in [2.05, 4.69) is 36.3 Å². The Morgan fingerprint density at radius 2 is 1.78 bits per heavy atom. The lowest BCUT2D eigenvalue weighted by molar-refractivity contribution is -0.123. The molecule has 2 heterocycles. The summed E-state index contributed by atoms with van der Waals surface area (Å²) in [5.41, 5.74) is 2.81. The number of aromatic nitrogens is 2. The molecule has 0 radical (unpaired) electrons. The maximum Gasteiger partial charge on any atom is 0.268 e. The molecule has 37 heavy (non-hydrogen) atoms. The molecule has 1 atom stereocenters. The Bertz CT molecular complexity index is 1410. The van der Waals surface area contributed by atoms with Crippen molar-refractivity contribution >= 4 is 34.2 Å². The minimum absolute atomic E-state index is 0.0525. The van der Waals surface area contributed by atoms with Crippen molar-refractivity contribution in [1.29, 1.82) is 0 Å². The smallest absolute Gasteiger partial charge is 0.268 e. The second-order valence-electron chi connectivity index (χ2n) is 10.1. The number of para-hydroxylation sites is 1. The average molecular weight is 499 g/mol. The third-order valence-corrected chi connectivity index (χ3v) is 6.38. The standard InChI is InChI=1S/C29H30N4O4/c1-29(2,3)19-9-11-21(12-10-19)36-18-26(34)30-27-23-14-13-22(17-24(23)31-32-27)37-25-15-16-33(28(25)35)20-7-5-4-6-8-20/h4-14,17,25H,15-16,18H2,1-3H3,(H2,30,31,32,34). The molecule has 0 spiro atoms. The lowest BCUT2D eigenvalue weighted by Crippen LogP contribution is -2.32. The molecule has 0 aliphatic carbocycles. The SMILES string of the molecule is CC(C)(C)c1ccc(OCC(=O)Nc2n[nH]c3cc(OC4CCN(c5ccccc5)C4=O)ccc23)cc1. The molecule has 1 unspecified atom stereocenters. The van der Waals surface area contributed by atoms with Gasteiger partial charge < -0.3 is 19.7 Å². The van der Waals surface area contributed by atoms with E-state index in [1.165, 1.54) is 5.56 Å². The van der Waals surface area contributed by atoms with E-state index < -0.39 is 6.10 Å². The van der Waals surface area contributed by atoms with Crippen LogP contribution in [0.25, 0.3) is 10.9 Å². The van der Waals surface area contributed by atoms with Crippen LogP contribution in [0.4, 0.5) is 11.5 Å². The second-order valence-corrected chi connectivity index (χ2v) is 10.1. The van der Waals surface area contributed by atoms with Gasteiger partial charge in [0.1, 0.15) is 11.5 Å². The van der Waals surface area contributed by atoms with Gasteiger partial charge >= 0.3 is 0 Å². The number of carbonyl (C=O) groups is 2. The molecule has 1 saturated heterocycles. The molecule has 8 heteroatoms. The Morgan fingerprint density at radius 3 is 2.51 bits per heavy atom. The molecule has 1 aliphatic heterocycles. The van der Waals surface area contributed by atoms with Gasteiger partial charge in [-0.25, -0.2) is 0 Å². The van der Waals surface area contributed by atoms with Gasteiger partial charge in [0.2, 0.25) is 0 Å². The zero-order valence-corrected chi connectivity index (χ0v) is 21.2. The summed E-state index contributed by atoms with van der Waals surface area (Å²) in [5.74, 6) is 1.22. The molecular weight excluding hydrogens is 468 g/mol. The van der Waals surface area contributed by atoms with Crippen LogP contribution in [0.2, 0.25) is 0 Å². The maximum atomic E-state index is 12.8. The Hall–Kier alpha value is -4.33. The fourth-order valence-electron chi connectivity index (χ4n) is 4.33. The molecule has 190 valence electrons. The lowest BCUT2D eigenvalue weighted by Gasteiger charge is -2.19. The summed E-state index contributed by atoms with van der Waals surface area (Å²) >= 11 is 0. The Morgan fingerprint density at radius 1 is 1.05 bits per heavy atom. The van der Waals surface area contributed by atoms with E-state index in [0.29, 0.717) is 35.8 Å². The fourth-order valence-corrected chi connectivity index (χ4v) is 4.33. The van der Waals surface area contributed by atoms with Crippen molar-refractivity contribution in [2.24, 2.45) is 0 Å². The highest BCUT2D eigenvalue weighted by atomic mass is 16.5. The molecule has 5 rings (SSSR count). The summed E-state index contributed by atoms with van der Waals surface area (Å²) in [7, 11) is 0. The van der Waals surface area contributed by atoms with Crippen LogP contribution in [0, 0.1) is 0 Å². The highest BCUT2D eigenvalue weighted by molar-refractivity contribution is 6.01. The minimum Gasteiger partial charge on any atom is -0.484 e. The molecule has 1 aliphatic rings. The van der Waals surface area contributed by atoms with Crippen LogP contribution in [0.5, 0.6) is 11.5 Å². The predicted octanol–water partition coefficient (Wildman–Crippen LogP) is 5.06. The van der Waals surface area contributed by atoms with Crippen LogP contribution in [-0.2, 0) is 15.0 Å². The summed E-state index contributed by atoms with van der Waals surface area (Å²) in [5, 5.41) is 10.7. The first kappa shape index (κ1) is 24.4. The number of ether oxygens (including phenoxy) is 2. The van der Waals surface area contributed by atoms with Crippen molar-refractivity contribution in [3.8, 4) is 11.5 Å². The number of benzene rings is 3. The fraction of sp³-hybridized carbons (Fsp3) is 0.276. The van der Waals surface area contributed by atoms with Crippen LogP contribution in [0.1, 0.15) is 32.8 Å². The quantitative estimate of drug-likeness (QED) is 0.371. The summed E-state index contributed by atoms with van der Waals surface area (Å²) in [4.78, 5) is 27.1. The third-order valence-electron chi connectivity index (χ3n) is 6.38. The number of carbonyl (C=O) groups excluding carboxylic acids is 2. The summed E-state index contributed by atoms with van der Waals surface area (Å²) in [6, 6.07) is 22.7. The zero-order valence-electron chi connectivity index (χ0n) is 21.2. The van der Waals surface area contributed by atoms with Crippen LogP contribution in [0.15, 0.2) is 72.8 Å². The Kier molecular flexibility index (Phi) is 6.56. The van der Waals surface area contributed by atoms with Crippen LogP contribution in [0.3, 0.4) is 0 Å². The molecule has 4 aromatic rings. The summed E-state index contributed by atoms with van der Waals surface area (Å²) in [6.07, 6.45) is 0.0592. The number of nitrogens with zero attached hydrogens (tertiary/aromatic N) is 2. The molecular formula is C29H30N4O4. The van der Waals surface area contributed by atoms with Gasteiger partial charge in [0, 0.05) is 30.1 Å². The van der Waals surface area contributed by atoms with Gasteiger partial charge in [-0.2, -0.15) is 5.10 Å². The van der Waals surface area contributed by atoms with E-state index in [4.69, 9.17) is 9.47 Å². The minimum atomic E-state index is -0.547. The van der Waals surface area contributed by atoms with Crippen molar-refractivity contribution in [1.82, 2.24) is 10.2 Å². The van der Waals surface area contributed by atoms with E-state index >= 15 is 0 Å². The Labute approximate surface area is 215 Å². The van der Waals surface area contributed by atoms with Gasteiger partial charge in [0.05, 0.1) is 5.52 Å². The van der Waals surface area contributed by atoms with Crippen molar-refractivity contribution in [3.05, 3.63) is 78.4 Å². The number of amides is 2. The number of hydrogen-bond donors (Lipinski definition) is 2. The van der Waals surface area contributed by atoms with E-state index in [9.17, 15) is 9.59 Å². The van der Waals surface area contributed by atoms with E-state index in [1.807, 2.05) is 60.7 Å². The molecule has 0 bridgehead atoms. The van der Waals surface area contributed by atoms with Crippen LogP contribution < -0.4 is 19.7 Å². The molecule has 2 amide bonds. The zero-order chi connectivity index (χ0) is 26.0. The highest BCUT2D eigenvalue weighted by Crippen LogP contribution is 2.29. The van der Waals surface area contributed by atoms with Crippen LogP contribution >= 0.6 is 0 Å². The first-order valence-electron chi connectivity index (χ1n) is 12.3. The van der Waals surface area contributed by atoms with Crippen LogP contribution in [-0.4, -0.2) is 41.3 Å². The van der Waals surface area contributed by atoms with Gasteiger partial charge in [-0.1, -0.05) is 51.1 Å². The monoisotopic (exact) mass is 498 g/mol. The molecule has 0 saturated carbocycles. The van der Waals surface area contributed by atoms with E-state index in [0.717, 1.165) is 11.1 Å². The maximum absolute atomic E-state index is 12.8. The van der Waals surface area contributed by atoms with Gasteiger partial charge in [0.15, 0.2) is 18.5 Å². The van der Waals surface area contributed by atoms with Gasteiger partial charge in [-0.05, 0) is 47.4 Å². The van der Waals surface area contributed by atoms with Gasteiger partial charge in [0.25, 0.3) is 11.8 Å². The molecule has 2 N–H and O–H groups in total. The molecule has 1 aromatic heterocycles. The summed E-state index contributed by atoms with van der Waals surface area (Å²) in [6.45, 7) is 6.92. The summed E-state index contributed by atoms with van der Waals surface area (Å²) < 4.78 is 11.6. The first-order chi connectivity index (χ1) is 17.8. The number of hydrogen-bond acceptors (Lipinski definition) is 5. The number of H-pyrrole nitrogens is 1. The number of anilines is 2. The first-order valence-corrected chi connectivity index (χ1v) is 12.3. The normalized spacial score (nSPS) is 15.7. The lowest BCUT2D eigenvalue weighted by atomic mass is 9.87. The van der Waals surface area contributed by atoms with E-state index in [1.54, 1.807) is 17.0 Å². The highest BCUT2D eigenvalue weighted by Gasteiger charge is 2.34. The number of aromatic amines is 1. The van der Waals surface area contributed by atoms with Crippen molar-refractivity contribution < 1.29 is 19.1 Å². The van der Waals surface area contributed by atoms with Crippen molar-refractivity contribution in [2.75, 3.05) is 23.4 Å². The van der Waals surface area contributed by atoms with Crippen molar-refractivity contribution in [2.45, 2.75) is 38.7 Å². The van der Waals surface area contributed by atoms with Crippen molar-refractivity contribution in [3.63, 3.8) is 0 Å². The Balaban J connectivity index is 1.18. The number of fused-ring (bicyclic) bond motifs is 1. The third kappa shape index (κ3) is 5.43. The number of rotatable bonds is 7. The molecule has 8 nitrogen and oxygen atoms in total. The topological polar surface area (TPSA) is 96.5 Å². The second kappa shape index (κ2) is 9.97.